The topological polar surface area (TPSA) is 52.1 Å². The first-order valence-corrected chi connectivity index (χ1v) is 21.1. The zero-order valence-electron chi connectivity index (χ0n) is 33.7. The fourth-order valence-electron chi connectivity index (χ4n) is 9.15. The summed E-state index contributed by atoms with van der Waals surface area (Å²) in [6.45, 7) is 0. The first kappa shape index (κ1) is 35.8. The van der Waals surface area contributed by atoms with Gasteiger partial charge in [-0.15, -0.1) is 0 Å². The normalized spacial score (nSPS) is 13.9. The second kappa shape index (κ2) is 14.9. The van der Waals surface area contributed by atoms with E-state index in [4.69, 9.17) is 13.8 Å². The van der Waals surface area contributed by atoms with E-state index in [1.807, 2.05) is 24.3 Å². The molecule has 1 aliphatic rings. The third kappa shape index (κ3) is 6.32. The molecule has 0 radical (unpaired) electrons. The number of allylic oxidation sites excluding steroid dienone is 4. The minimum Gasteiger partial charge on any atom is -0.455 e. The molecule has 3 heterocycles. The summed E-state index contributed by atoms with van der Waals surface area (Å²) >= 11 is 0. The van der Waals surface area contributed by atoms with Crippen LogP contribution in [0.4, 0.5) is 0 Å². The van der Waals surface area contributed by atoms with Crippen LogP contribution < -0.4 is 0 Å². The molecule has 292 valence electrons. The number of aromatic nitrogens is 2. The summed E-state index contributed by atoms with van der Waals surface area (Å²) in [5.41, 5.74) is 18.7. The molecule has 4 heteroatoms. The van der Waals surface area contributed by atoms with Crippen molar-refractivity contribution in [3.05, 3.63) is 224 Å². The van der Waals surface area contributed by atoms with Gasteiger partial charge in [-0.1, -0.05) is 158 Å². The lowest BCUT2D eigenvalue weighted by Gasteiger charge is -2.18. The van der Waals surface area contributed by atoms with Gasteiger partial charge in [0.2, 0.25) is 0 Å². The van der Waals surface area contributed by atoms with Gasteiger partial charge in [-0.2, -0.15) is 0 Å². The molecule has 0 saturated carbocycles. The van der Waals surface area contributed by atoms with Crippen LogP contribution >= 0.6 is 0 Å². The largest absolute Gasteiger partial charge is 0.455 e. The second-order valence-corrected chi connectivity index (χ2v) is 16.1. The van der Waals surface area contributed by atoms with Crippen molar-refractivity contribution in [1.82, 2.24) is 9.97 Å². The van der Waals surface area contributed by atoms with E-state index in [-0.39, 0.29) is 5.92 Å². The Bertz CT molecular complexity index is 3540. The number of fused-ring (bicyclic) bond motifs is 6. The summed E-state index contributed by atoms with van der Waals surface area (Å²) in [4.78, 5) is 9.31. The molecule has 62 heavy (non-hydrogen) atoms. The van der Waals surface area contributed by atoms with Crippen LogP contribution in [0.25, 0.3) is 105 Å². The number of furan rings is 2. The molecule has 11 aromatic rings. The summed E-state index contributed by atoms with van der Waals surface area (Å²) in [6, 6.07) is 66.7. The molecule has 0 amide bonds. The van der Waals surface area contributed by atoms with E-state index in [1.54, 1.807) is 6.33 Å². The van der Waals surface area contributed by atoms with E-state index in [0.29, 0.717) is 5.58 Å². The van der Waals surface area contributed by atoms with Crippen LogP contribution in [0.5, 0.6) is 0 Å². The average Bonchev–Trinajstić information content (AvgIpc) is 3.93. The lowest BCUT2D eigenvalue weighted by molar-refractivity contribution is 0.667. The van der Waals surface area contributed by atoms with Crippen molar-refractivity contribution in [2.45, 2.75) is 12.3 Å². The molecule has 8 aromatic carbocycles. The van der Waals surface area contributed by atoms with E-state index in [0.717, 1.165) is 83.9 Å². The van der Waals surface area contributed by atoms with E-state index >= 15 is 0 Å². The zero-order chi connectivity index (χ0) is 41.0. The van der Waals surface area contributed by atoms with Crippen LogP contribution in [0.3, 0.4) is 0 Å². The quantitative estimate of drug-likeness (QED) is 0.161. The maximum absolute atomic E-state index is 6.86. The summed E-state index contributed by atoms with van der Waals surface area (Å²) in [6.07, 6.45) is 9.56. The highest BCUT2D eigenvalue weighted by Crippen LogP contribution is 2.43. The van der Waals surface area contributed by atoms with Crippen LogP contribution in [-0.4, -0.2) is 9.97 Å². The first-order valence-electron chi connectivity index (χ1n) is 21.1. The van der Waals surface area contributed by atoms with Crippen LogP contribution in [0.1, 0.15) is 23.5 Å². The number of para-hydroxylation sites is 1. The van der Waals surface area contributed by atoms with Gasteiger partial charge in [0.25, 0.3) is 0 Å². The van der Waals surface area contributed by atoms with Crippen LogP contribution in [-0.2, 0) is 0 Å². The van der Waals surface area contributed by atoms with E-state index in [9.17, 15) is 0 Å². The van der Waals surface area contributed by atoms with E-state index in [1.165, 1.54) is 33.4 Å². The van der Waals surface area contributed by atoms with Gasteiger partial charge in [0, 0.05) is 33.2 Å². The Morgan fingerprint density at radius 3 is 1.79 bits per heavy atom. The number of hydrogen-bond donors (Lipinski definition) is 0. The minimum atomic E-state index is 0.215. The molecule has 0 N–H and O–H groups in total. The van der Waals surface area contributed by atoms with Crippen molar-refractivity contribution >= 4 is 49.6 Å². The molecule has 12 rings (SSSR count). The van der Waals surface area contributed by atoms with Crippen molar-refractivity contribution in [2.75, 3.05) is 0 Å². The fraction of sp³-hybridized carbons (Fsp3) is 0.0345. The van der Waals surface area contributed by atoms with Crippen molar-refractivity contribution in [1.29, 1.82) is 0 Å². The Morgan fingerprint density at radius 2 is 1.02 bits per heavy atom. The summed E-state index contributed by atoms with van der Waals surface area (Å²) in [5.74, 6) is 0.215. The Kier molecular flexibility index (Phi) is 8.60. The molecule has 0 aliphatic heterocycles. The SMILES string of the molecule is C1=CC(c2cc(-c3cccc(-c4cccc(-c5ncnc6c5oc5ccccc56)c4)c3)c3oc4ccc(-c5ccc(-c6ccccc6)cc5)cc4c3c2)CC=C1c1ccccc1. The molecule has 4 nitrogen and oxygen atoms in total. The number of benzene rings is 8. The smallest absolute Gasteiger partial charge is 0.180 e. The Balaban J connectivity index is 0.963. The lowest BCUT2D eigenvalue weighted by atomic mass is 9.85. The molecule has 0 bridgehead atoms. The minimum absolute atomic E-state index is 0.215. The molecule has 3 aromatic heterocycles. The monoisotopic (exact) mass is 794 g/mol. The highest BCUT2D eigenvalue weighted by Gasteiger charge is 2.21. The Hall–Kier alpha value is -8.08. The van der Waals surface area contributed by atoms with Gasteiger partial charge < -0.3 is 8.83 Å². The lowest BCUT2D eigenvalue weighted by Crippen LogP contribution is -1.99. The van der Waals surface area contributed by atoms with Gasteiger partial charge in [-0.25, -0.2) is 9.97 Å². The highest BCUT2D eigenvalue weighted by molar-refractivity contribution is 6.11. The van der Waals surface area contributed by atoms with Gasteiger partial charge in [0.1, 0.15) is 34.3 Å². The van der Waals surface area contributed by atoms with E-state index in [2.05, 4.69) is 187 Å². The van der Waals surface area contributed by atoms with Crippen LogP contribution in [0.2, 0.25) is 0 Å². The van der Waals surface area contributed by atoms with Gasteiger partial charge in [0.05, 0.1) is 0 Å². The number of rotatable bonds is 7. The molecule has 1 atom stereocenters. The summed E-state index contributed by atoms with van der Waals surface area (Å²) < 4.78 is 13.2. The average molecular weight is 795 g/mol. The van der Waals surface area contributed by atoms with Gasteiger partial charge in [0.15, 0.2) is 5.58 Å². The number of nitrogens with zero attached hydrogens (tertiary/aromatic N) is 2. The maximum atomic E-state index is 6.86. The number of hydrogen-bond acceptors (Lipinski definition) is 4. The molecule has 0 spiro atoms. The molecular formula is C58H38N2O2. The van der Waals surface area contributed by atoms with E-state index < -0.39 is 0 Å². The Morgan fingerprint density at radius 1 is 0.419 bits per heavy atom. The molecular weight excluding hydrogens is 757 g/mol. The van der Waals surface area contributed by atoms with Gasteiger partial charge in [-0.05, 0) is 111 Å². The molecule has 0 fully saturated rings. The maximum Gasteiger partial charge on any atom is 0.180 e. The van der Waals surface area contributed by atoms with Gasteiger partial charge >= 0.3 is 0 Å². The molecule has 1 unspecified atom stereocenters. The standard InChI is InChI=1S/C58H38N2O2/c1-3-11-37(12-4-1)39-21-25-41(26-22-39)45-29-30-54-51(33-45)52-35-48(42-27-23-40(24-28-42)38-13-5-2-6-14-38)34-50(57(52)61-54)46-17-9-15-43(31-46)44-16-10-18-47(32-44)55-58-56(60-36-59-55)49-19-7-8-20-53(49)62-58/h1-27,29-36,42H,28H2. The fourth-order valence-corrected chi connectivity index (χ4v) is 9.15. The van der Waals surface area contributed by atoms with Gasteiger partial charge in [-0.3, -0.25) is 0 Å². The Labute approximate surface area is 358 Å². The predicted molar refractivity (Wildman–Crippen MR) is 255 cm³/mol. The summed E-state index contributed by atoms with van der Waals surface area (Å²) in [7, 11) is 0. The van der Waals surface area contributed by atoms with Crippen LogP contribution in [0.15, 0.2) is 221 Å². The van der Waals surface area contributed by atoms with Crippen molar-refractivity contribution in [2.24, 2.45) is 0 Å². The van der Waals surface area contributed by atoms with Crippen LogP contribution in [0, 0.1) is 0 Å². The third-order valence-corrected chi connectivity index (χ3v) is 12.4. The van der Waals surface area contributed by atoms with Crippen molar-refractivity contribution in [3.8, 4) is 55.8 Å². The van der Waals surface area contributed by atoms with Crippen molar-refractivity contribution in [3.63, 3.8) is 0 Å². The van der Waals surface area contributed by atoms with Crippen molar-refractivity contribution < 1.29 is 8.83 Å². The predicted octanol–water partition coefficient (Wildman–Crippen LogP) is 15.7. The molecule has 0 saturated heterocycles. The first-order chi connectivity index (χ1) is 30.7. The second-order valence-electron chi connectivity index (χ2n) is 16.1. The summed E-state index contributed by atoms with van der Waals surface area (Å²) in [5, 5.41) is 3.21. The molecule has 1 aliphatic carbocycles. The zero-order valence-corrected chi connectivity index (χ0v) is 33.7. The highest BCUT2D eigenvalue weighted by atomic mass is 16.3. The third-order valence-electron chi connectivity index (χ3n) is 12.4.